The maximum Gasteiger partial charge on any atom is 0.175 e. The normalized spacial score (nSPS) is 10.7. The number of aliphatic hydroxyl groups is 2. The molecule has 0 spiro atoms. The van der Waals surface area contributed by atoms with E-state index >= 15 is 0 Å². The van der Waals surface area contributed by atoms with Crippen molar-refractivity contribution in [2.45, 2.75) is 6.92 Å². The molecule has 7 nitrogen and oxygen atoms in total. The highest BCUT2D eigenvalue weighted by molar-refractivity contribution is 5.39. The van der Waals surface area contributed by atoms with Crippen LogP contribution in [0.25, 0.3) is 5.82 Å². The highest BCUT2D eigenvalue weighted by Crippen LogP contribution is 2.11. The van der Waals surface area contributed by atoms with E-state index in [0.717, 1.165) is 5.69 Å². The van der Waals surface area contributed by atoms with Gasteiger partial charge >= 0.3 is 0 Å². The molecule has 0 radical (unpaired) electrons. The van der Waals surface area contributed by atoms with E-state index in [4.69, 9.17) is 10.2 Å². The van der Waals surface area contributed by atoms with Crippen molar-refractivity contribution in [2.75, 3.05) is 31.2 Å². The fraction of sp³-hybridized carbons (Fsp3) is 0.417. The first-order chi connectivity index (χ1) is 9.24. The zero-order chi connectivity index (χ0) is 13.7. The summed E-state index contributed by atoms with van der Waals surface area (Å²) in [6.07, 6.45) is 1.82. The van der Waals surface area contributed by atoms with Gasteiger partial charge in [-0.25, -0.2) is 4.68 Å². The molecule has 0 atom stereocenters. The molecule has 0 amide bonds. The van der Waals surface area contributed by atoms with Crippen LogP contribution in [0.4, 0.5) is 5.82 Å². The number of nitrogens with zero attached hydrogens (tertiary/aromatic N) is 5. The van der Waals surface area contributed by atoms with Crippen molar-refractivity contribution in [1.29, 1.82) is 0 Å². The standard InChI is InChI=1S/C12H17N5O2/c1-10-4-5-17(15-10)12-3-2-11(13-14-12)16(6-8-18)7-9-19/h2-5,18-19H,6-9H2,1H3. The second-order valence-electron chi connectivity index (χ2n) is 4.09. The number of aryl methyl sites for hydroxylation is 1. The predicted octanol–water partition coefficient (Wildman–Crippen LogP) is -0.238. The smallest absolute Gasteiger partial charge is 0.175 e. The molecule has 0 aliphatic carbocycles. The van der Waals surface area contributed by atoms with Crippen molar-refractivity contribution in [3.8, 4) is 5.82 Å². The number of aliphatic hydroxyl groups excluding tert-OH is 2. The predicted molar refractivity (Wildman–Crippen MR) is 70.3 cm³/mol. The number of hydrogen-bond donors (Lipinski definition) is 2. The van der Waals surface area contributed by atoms with Crippen LogP contribution in [-0.4, -0.2) is 56.5 Å². The molecule has 0 saturated heterocycles. The van der Waals surface area contributed by atoms with Gasteiger partial charge in [0.2, 0.25) is 0 Å². The largest absolute Gasteiger partial charge is 0.395 e. The van der Waals surface area contributed by atoms with Crippen LogP contribution in [0.1, 0.15) is 5.69 Å². The molecule has 2 rings (SSSR count). The van der Waals surface area contributed by atoms with Crippen LogP contribution in [0.2, 0.25) is 0 Å². The van der Waals surface area contributed by atoms with Crippen LogP contribution < -0.4 is 4.90 Å². The Balaban J connectivity index is 2.17. The lowest BCUT2D eigenvalue weighted by Crippen LogP contribution is -2.30. The molecule has 0 aliphatic heterocycles. The zero-order valence-corrected chi connectivity index (χ0v) is 10.8. The van der Waals surface area contributed by atoms with Crippen LogP contribution in [-0.2, 0) is 0 Å². The Morgan fingerprint density at radius 3 is 2.32 bits per heavy atom. The monoisotopic (exact) mass is 263 g/mol. The maximum atomic E-state index is 8.97. The van der Waals surface area contributed by atoms with E-state index in [9.17, 15) is 0 Å². The summed E-state index contributed by atoms with van der Waals surface area (Å²) < 4.78 is 1.65. The number of rotatable bonds is 6. The van der Waals surface area contributed by atoms with Crippen molar-refractivity contribution >= 4 is 5.82 Å². The summed E-state index contributed by atoms with van der Waals surface area (Å²) in [5.41, 5.74) is 0.910. The van der Waals surface area contributed by atoms with Crippen LogP contribution >= 0.6 is 0 Å². The fourth-order valence-corrected chi connectivity index (χ4v) is 1.73. The molecule has 0 aromatic carbocycles. The molecule has 0 saturated carbocycles. The van der Waals surface area contributed by atoms with Crippen LogP contribution in [0, 0.1) is 6.92 Å². The second-order valence-corrected chi connectivity index (χ2v) is 4.09. The third-order valence-electron chi connectivity index (χ3n) is 2.66. The molecule has 7 heteroatoms. The van der Waals surface area contributed by atoms with Crippen molar-refractivity contribution in [2.24, 2.45) is 0 Å². The number of aromatic nitrogens is 4. The summed E-state index contributed by atoms with van der Waals surface area (Å²) in [5, 5.41) is 30.4. The van der Waals surface area contributed by atoms with E-state index < -0.39 is 0 Å². The molecule has 19 heavy (non-hydrogen) atoms. The Morgan fingerprint density at radius 2 is 1.84 bits per heavy atom. The maximum absolute atomic E-state index is 8.97. The molecule has 0 aliphatic rings. The van der Waals surface area contributed by atoms with Gasteiger partial charge in [0, 0.05) is 19.3 Å². The van der Waals surface area contributed by atoms with Gasteiger partial charge in [-0.1, -0.05) is 0 Å². The molecule has 0 bridgehead atoms. The highest BCUT2D eigenvalue weighted by Gasteiger charge is 2.08. The van der Waals surface area contributed by atoms with Crippen LogP contribution in [0.3, 0.4) is 0 Å². The SMILES string of the molecule is Cc1ccn(-c2ccc(N(CCO)CCO)nn2)n1. The summed E-state index contributed by atoms with van der Waals surface area (Å²) in [5.74, 6) is 1.25. The average molecular weight is 263 g/mol. The quantitative estimate of drug-likeness (QED) is 0.748. The summed E-state index contributed by atoms with van der Waals surface area (Å²) >= 11 is 0. The van der Waals surface area contributed by atoms with Gasteiger partial charge < -0.3 is 15.1 Å². The zero-order valence-electron chi connectivity index (χ0n) is 10.8. The lowest BCUT2D eigenvalue weighted by atomic mass is 10.4. The van der Waals surface area contributed by atoms with Crippen LogP contribution in [0.5, 0.6) is 0 Å². The van der Waals surface area contributed by atoms with E-state index in [2.05, 4.69) is 15.3 Å². The van der Waals surface area contributed by atoms with Crippen molar-refractivity contribution < 1.29 is 10.2 Å². The van der Waals surface area contributed by atoms with Gasteiger partial charge in [0.15, 0.2) is 11.6 Å². The number of anilines is 1. The first kappa shape index (κ1) is 13.4. The van der Waals surface area contributed by atoms with E-state index in [0.29, 0.717) is 24.7 Å². The summed E-state index contributed by atoms with van der Waals surface area (Å²) in [4.78, 5) is 1.77. The minimum atomic E-state index is 0.00177. The van der Waals surface area contributed by atoms with Gasteiger partial charge in [0.1, 0.15) is 0 Å². The van der Waals surface area contributed by atoms with Crippen molar-refractivity contribution in [3.63, 3.8) is 0 Å². The van der Waals surface area contributed by atoms with Gasteiger partial charge in [-0.2, -0.15) is 5.10 Å². The lowest BCUT2D eigenvalue weighted by molar-refractivity contribution is 0.280. The lowest BCUT2D eigenvalue weighted by Gasteiger charge is -2.20. The summed E-state index contributed by atoms with van der Waals surface area (Å²) in [6, 6.07) is 5.49. The summed E-state index contributed by atoms with van der Waals surface area (Å²) in [7, 11) is 0. The molecule has 2 aromatic rings. The average Bonchev–Trinajstić information content (AvgIpc) is 2.85. The minimum absolute atomic E-state index is 0.00177. The van der Waals surface area contributed by atoms with Gasteiger partial charge in [0.25, 0.3) is 0 Å². The van der Waals surface area contributed by atoms with Gasteiger partial charge in [-0.05, 0) is 25.1 Å². The first-order valence-corrected chi connectivity index (χ1v) is 6.07. The third-order valence-corrected chi connectivity index (χ3v) is 2.66. The Morgan fingerprint density at radius 1 is 1.11 bits per heavy atom. The molecule has 0 unspecified atom stereocenters. The van der Waals surface area contributed by atoms with E-state index in [1.54, 1.807) is 21.7 Å². The summed E-state index contributed by atoms with van der Waals surface area (Å²) in [6.45, 7) is 2.73. The van der Waals surface area contributed by atoms with Crippen LogP contribution in [0.15, 0.2) is 24.4 Å². The van der Waals surface area contributed by atoms with Gasteiger partial charge in [0.05, 0.1) is 18.9 Å². The number of hydrogen-bond acceptors (Lipinski definition) is 6. The molecule has 2 heterocycles. The second kappa shape index (κ2) is 6.26. The fourth-order valence-electron chi connectivity index (χ4n) is 1.73. The Kier molecular flexibility index (Phi) is 4.43. The molecule has 2 N–H and O–H groups in total. The molecule has 102 valence electrons. The van der Waals surface area contributed by atoms with Gasteiger partial charge in [-0.15, -0.1) is 10.2 Å². The topological polar surface area (TPSA) is 87.3 Å². The highest BCUT2D eigenvalue weighted by atomic mass is 16.3. The Labute approximate surface area is 111 Å². The minimum Gasteiger partial charge on any atom is -0.395 e. The van der Waals surface area contributed by atoms with Crippen molar-refractivity contribution in [1.82, 2.24) is 20.0 Å². The molecule has 0 fully saturated rings. The Bertz CT molecular complexity index is 505. The molecular weight excluding hydrogens is 246 g/mol. The van der Waals surface area contributed by atoms with Crippen molar-refractivity contribution in [3.05, 3.63) is 30.1 Å². The molecule has 2 aromatic heterocycles. The van der Waals surface area contributed by atoms with E-state index in [1.807, 2.05) is 19.2 Å². The third kappa shape index (κ3) is 3.27. The van der Waals surface area contributed by atoms with E-state index in [-0.39, 0.29) is 13.2 Å². The van der Waals surface area contributed by atoms with E-state index in [1.165, 1.54) is 0 Å². The first-order valence-electron chi connectivity index (χ1n) is 6.07. The Hall–Kier alpha value is -1.99. The molecular formula is C12H17N5O2. The van der Waals surface area contributed by atoms with Gasteiger partial charge in [-0.3, -0.25) is 0 Å².